The Morgan fingerprint density at radius 2 is 1.89 bits per heavy atom. The Morgan fingerprint density at radius 3 is 2.61 bits per heavy atom. The van der Waals surface area contributed by atoms with Gasteiger partial charge in [-0.2, -0.15) is 0 Å². The fourth-order valence-electron chi connectivity index (χ4n) is 2.05. The summed E-state index contributed by atoms with van der Waals surface area (Å²) >= 11 is 9.22. The zero-order valence-electron chi connectivity index (χ0n) is 14.7. The highest BCUT2D eigenvalue weighted by Gasteiger charge is 2.11. The Labute approximate surface area is 174 Å². The van der Waals surface area contributed by atoms with Crippen molar-refractivity contribution in [2.45, 2.75) is 0 Å². The van der Waals surface area contributed by atoms with E-state index in [0.717, 1.165) is 4.47 Å². The van der Waals surface area contributed by atoms with Gasteiger partial charge in [0.1, 0.15) is 5.75 Å². The van der Waals surface area contributed by atoms with Gasteiger partial charge in [0.15, 0.2) is 6.61 Å². The highest BCUT2D eigenvalue weighted by atomic mass is 79.9. The smallest absolute Gasteiger partial charge is 0.331 e. The van der Waals surface area contributed by atoms with Crippen LogP contribution in [0.25, 0.3) is 6.08 Å². The molecule has 2 rings (SSSR count). The standard InChI is InChI=1S/C19H16BrClN2O5/c1-27-16-8-7-13(20)10-12(16)6-9-18(25)28-11-17(24)22-23-19(26)14-4-2-3-5-15(14)21/h2-10H,11H2,1H3,(H,22,24)(H,23,26)/b9-6+. The predicted octanol–water partition coefficient (Wildman–Crippen LogP) is 3.13. The number of benzene rings is 2. The van der Waals surface area contributed by atoms with Gasteiger partial charge in [-0.3, -0.25) is 20.4 Å². The summed E-state index contributed by atoms with van der Waals surface area (Å²) in [6, 6.07) is 11.7. The lowest BCUT2D eigenvalue weighted by Gasteiger charge is -2.08. The fraction of sp³-hybridized carbons (Fsp3) is 0.105. The molecular formula is C19H16BrClN2O5. The van der Waals surface area contributed by atoms with E-state index in [1.54, 1.807) is 36.4 Å². The Hall–Kier alpha value is -2.84. The summed E-state index contributed by atoms with van der Waals surface area (Å²) < 4.78 is 10.8. The van der Waals surface area contributed by atoms with Gasteiger partial charge in [-0.15, -0.1) is 0 Å². The molecule has 2 amide bonds. The lowest BCUT2D eigenvalue weighted by Crippen LogP contribution is -2.43. The average molecular weight is 468 g/mol. The van der Waals surface area contributed by atoms with E-state index in [4.69, 9.17) is 21.1 Å². The van der Waals surface area contributed by atoms with Crippen molar-refractivity contribution < 1.29 is 23.9 Å². The van der Waals surface area contributed by atoms with E-state index >= 15 is 0 Å². The Bertz CT molecular complexity index is 917. The van der Waals surface area contributed by atoms with Crippen LogP contribution in [0.15, 0.2) is 53.0 Å². The molecule has 28 heavy (non-hydrogen) atoms. The number of ether oxygens (including phenoxy) is 2. The first-order chi connectivity index (χ1) is 13.4. The van der Waals surface area contributed by atoms with Crippen molar-refractivity contribution in [1.29, 1.82) is 0 Å². The van der Waals surface area contributed by atoms with Gasteiger partial charge in [0, 0.05) is 16.1 Å². The summed E-state index contributed by atoms with van der Waals surface area (Å²) in [5, 5.41) is 0.244. The second-order valence-corrected chi connectivity index (χ2v) is 6.63. The topological polar surface area (TPSA) is 93.7 Å². The second-order valence-electron chi connectivity index (χ2n) is 5.31. The highest BCUT2D eigenvalue weighted by Crippen LogP contribution is 2.24. The van der Waals surface area contributed by atoms with Crippen molar-refractivity contribution in [3.8, 4) is 5.75 Å². The van der Waals surface area contributed by atoms with Crippen LogP contribution >= 0.6 is 27.5 Å². The second kappa shape index (κ2) is 10.5. The van der Waals surface area contributed by atoms with E-state index in [1.807, 2.05) is 0 Å². The van der Waals surface area contributed by atoms with E-state index in [1.165, 1.54) is 25.3 Å². The Morgan fingerprint density at radius 1 is 1.14 bits per heavy atom. The molecule has 0 aliphatic rings. The zero-order valence-corrected chi connectivity index (χ0v) is 17.0. The molecular weight excluding hydrogens is 452 g/mol. The van der Waals surface area contributed by atoms with Crippen molar-refractivity contribution in [2.75, 3.05) is 13.7 Å². The number of esters is 1. The Balaban J connectivity index is 1.81. The molecule has 0 heterocycles. The number of hydrazine groups is 1. The number of carbonyl (C=O) groups is 3. The number of methoxy groups -OCH3 is 1. The lowest BCUT2D eigenvalue weighted by atomic mass is 10.2. The molecule has 2 aromatic carbocycles. The van der Waals surface area contributed by atoms with E-state index in [9.17, 15) is 14.4 Å². The maximum absolute atomic E-state index is 11.9. The van der Waals surface area contributed by atoms with Crippen molar-refractivity contribution >= 4 is 51.4 Å². The van der Waals surface area contributed by atoms with Crippen LogP contribution in [0.3, 0.4) is 0 Å². The largest absolute Gasteiger partial charge is 0.496 e. The van der Waals surface area contributed by atoms with Crippen molar-refractivity contribution in [3.05, 3.63) is 69.2 Å². The number of hydrogen-bond acceptors (Lipinski definition) is 5. The molecule has 0 aromatic heterocycles. The van der Waals surface area contributed by atoms with Crippen LogP contribution in [-0.2, 0) is 14.3 Å². The average Bonchev–Trinajstić information content (AvgIpc) is 2.69. The summed E-state index contributed by atoms with van der Waals surface area (Å²) in [7, 11) is 1.51. The molecule has 0 aliphatic carbocycles. The van der Waals surface area contributed by atoms with E-state index < -0.39 is 24.4 Å². The lowest BCUT2D eigenvalue weighted by molar-refractivity contribution is -0.144. The minimum Gasteiger partial charge on any atom is -0.496 e. The first kappa shape index (κ1) is 21.5. The zero-order chi connectivity index (χ0) is 20.5. The predicted molar refractivity (Wildman–Crippen MR) is 108 cm³/mol. The number of hydrogen-bond donors (Lipinski definition) is 2. The number of halogens is 2. The first-order valence-electron chi connectivity index (χ1n) is 7.93. The summed E-state index contributed by atoms with van der Waals surface area (Å²) in [6.45, 7) is -0.568. The van der Waals surface area contributed by atoms with Gasteiger partial charge >= 0.3 is 5.97 Å². The number of rotatable bonds is 6. The number of carbonyl (C=O) groups excluding carboxylic acids is 3. The number of amides is 2. The highest BCUT2D eigenvalue weighted by molar-refractivity contribution is 9.10. The maximum Gasteiger partial charge on any atom is 0.331 e. The van der Waals surface area contributed by atoms with Crippen LogP contribution in [0.2, 0.25) is 5.02 Å². The molecule has 0 fully saturated rings. The number of nitrogens with one attached hydrogen (secondary N) is 2. The molecule has 0 aliphatic heterocycles. The molecule has 0 saturated carbocycles. The summed E-state index contributed by atoms with van der Waals surface area (Å²) in [4.78, 5) is 35.4. The summed E-state index contributed by atoms with van der Waals surface area (Å²) in [5.74, 6) is -1.45. The molecule has 146 valence electrons. The van der Waals surface area contributed by atoms with Crippen molar-refractivity contribution in [1.82, 2.24) is 10.9 Å². The maximum atomic E-state index is 11.9. The van der Waals surface area contributed by atoms with Crippen LogP contribution in [0.4, 0.5) is 0 Å². The molecule has 2 N–H and O–H groups in total. The monoisotopic (exact) mass is 466 g/mol. The van der Waals surface area contributed by atoms with Gasteiger partial charge in [-0.1, -0.05) is 39.7 Å². The third-order valence-corrected chi connectivity index (χ3v) is 4.19. The summed E-state index contributed by atoms with van der Waals surface area (Å²) in [6.07, 6.45) is 2.67. The van der Waals surface area contributed by atoms with Gasteiger partial charge < -0.3 is 9.47 Å². The first-order valence-corrected chi connectivity index (χ1v) is 9.10. The molecule has 0 spiro atoms. The SMILES string of the molecule is COc1ccc(Br)cc1/C=C/C(=O)OCC(=O)NNC(=O)c1ccccc1Cl. The van der Waals surface area contributed by atoms with Gasteiger partial charge in [0.2, 0.25) is 0 Å². The van der Waals surface area contributed by atoms with Gasteiger partial charge in [0.05, 0.1) is 17.7 Å². The summed E-state index contributed by atoms with van der Waals surface area (Å²) in [5.41, 5.74) is 5.19. The fourth-order valence-corrected chi connectivity index (χ4v) is 2.65. The molecule has 0 unspecified atom stereocenters. The molecule has 7 nitrogen and oxygen atoms in total. The van der Waals surface area contributed by atoms with E-state index in [2.05, 4.69) is 26.8 Å². The van der Waals surface area contributed by atoms with Crippen LogP contribution in [0.5, 0.6) is 5.75 Å². The van der Waals surface area contributed by atoms with Gasteiger partial charge in [-0.25, -0.2) is 4.79 Å². The minimum absolute atomic E-state index is 0.201. The van der Waals surface area contributed by atoms with E-state index in [0.29, 0.717) is 11.3 Å². The molecule has 0 bridgehead atoms. The normalized spacial score (nSPS) is 10.4. The van der Waals surface area contributed by atoms with Crippen molar-refractivity contribution in [2.24, 2.45) is 0 Å². The molecule has 0 saturated heterocycles. The minimum atomic E-state index is -0.727. The van der Waals surface area contributed by atoms with Crippen LogP contribution in [-0.4, -0.2) is 31.5 Å². The van der Waals surface area contributed by atoms with Gasteiger partial charge in [-0.05, 0) is 36.4 Å². The van der Waals surface area contributed by atoms with Crippen LogP contribution in [0.1, 0.15) is 15.9 Å². The van der Waals surface area contributed by atoms with Crippen LogP contribution < -0.4 is 15.6 Å². The van der Waals surface area contributed by atoms with Crippen molar-refractivity contribution in [3.63, 3.8) is 0 Å². The quantitative estimate of drug-likeness (QED) is 0.387. The molecule has 2 aromatic rings. The third-order valence-electron chi connectivity index (χ3n) is 3.37. The Kier molecular flexibility index (Phi) is 8.03. The molecule has 0 atom stereocenters. The van der Waals surface area contributed by atoms with Gasteiger partial charge in [0.25, 0.3) is 11.8 Å². The van der Waals surface area contributed by atoms with Crippen LogP contribution in [0, 0.1) is 0 Å². The third kappa shape index (κ3) is 6.40. The van der Waals surface area contributed by atoms with E-state index in [-0.39, 0.29) is 10.6 Å². The molecule has 9 heteroatoms. The molecule has 0 radical (unpaired) electrons.